The summed E-state index contributed by atoms with van der Waals surface area (Å²) in [5, 5.41) is 9.87. The molecule has 1 saturated heterocycles. The number of para-hydroxylation sites is 2. The first kappa shape index (κ1) is 14.3. The van der Waals surface area contributed by atoms with E-state index >= 15 is 0 Å². The second kappa shape index (κ2) is 5.70. The standard InChI is InChI=1S/C19H21N3O/c1-14-6-8-15(9-7-14)12-22-18-5-3-2-4-17(18)20-19(22)21-11-10-16(23)13-21/h2-9,16,23H,10-13H2,1H3/t16-/m0/s1. The number of aliphatic hydroxyl groups is 1. The fraction of sp³-hybridized carbons (Fsp3) is 0.316. The van der Waals surface area contributed by atoms with E-state index in [1.165, 1.54) is 11.1 Å². The summed E-state index contributed by atoms with van der Waals surface area (Å²) >= 11 is 0. The van der Waals surface area contributed by atoms with Crippen molar-refractivity contribution < 1.29 is 5.11 Å². The number of hydrogen-bond acceptors (Lipinski definition) is 3. The first-order valence-electron chi connectivity index (χ1n) is 8.14. The van der Waals surface area contributed by atoms with Crippen LogP contribution >= 0.6 is 0 Å². The van der Waals surface area contributed by atoms with Crippen LogP contribution in [0.3, 0.4) is 0 Å². The molecule has 3 aromatic rings. The number of benzene rings is 2. The van der Waals surface area contributed by atoms with Crippen molar-refractivity contribution in [1.82, 2.24) is 9.55 Å². The topological polar surface area (TPSA) is 41.3 Å². The van der Waals surface area contributed by atoms with Crippen molar-refractivity contribution in [3.05, 3.63) is 59.7 Å². The second-order valence-electron chi connectivity index (χ2n) is 6.36. The molecule has 4 heteroatoms. The van der Waals surface area contributed by atoms with Crippen LogP contribution in [0.4, 0.5) is 5.95 Å². The third-order valence-electron chi connectivity index (χ3n) is 4.54. The third kappa shape index (κ3) is 2.70. The van der Waals surface area contributed by atoms with Crippen LogP contribution in [0.2, 0.25) is 0 Å². The molecule has 1 aliphatic heterocycles. The summed E-state index contributed by atoms with van der Waals surface area (Å²) in [6.45, 7) is 4.42. The zero-order valence-electron chi connectivity index (χ0n) is 13.3. The van der Waals surface area contributed by atoms with Gasteiger partial charge in [0.15, 0.2) is 0 Å². The third-order valence-corrected chi connectivity index (χ3v) is 4.54. The van der Waals surface area contributed by atoms with Gasteiger partial charge in [0, 0.05) is 13.1 Å². The van der Waals surface area contributed by atoms with Crippen LogP contribution in [0.15, 0.2) is 48.5 Å². The molecule has 0 saturated carbocycles. The highest BCUT2D eigenvalue weighted by atomic mass is 16.3. The molecule has 1 aliphatic rings. The normalized spacial score (nSPS) is 18.0. The number of aromatic nitrogens is 2. The predicted molar refractivity (Wildman–Crippen MR) is 92.9 cm³/mol. The van der Waals surface area contributed by atoms with Crippen LogP contribution in [0, 0.1) is 6.92 Å². The molecule has 1 N–H and O–H groups in total. The van der Waals surface area contributed by atoms with Crippen molar-refractivity contribution in [3.8, 4) is 0 Å². The van der Waals surface area contributed by atoms with Gasteiger partial charge in [0.05, 0.1) is 23.7 Å². The van der Waals surface area contributed by atoms with Crippen LogP contribution in [0.25, 0.3) is 11.0 Å². The van der Waals surface area contributed by atoms with E-state index in [2.05, 4.69) is 58.9 Å². The maximum absolute atomic E-state index is 9.87. The van der Waals surface area contributed by atoms with Crippen molar-refractivity contribution in [1.29, 1.82) is 0 Å². The highest BCUT2D eigenvalue weighted by Gasteiger charge is 2.25. The van der Waals surface area contributed by atoms with Gasteiger partial charge in [0.1, 0.15) is 0 Å². The summed E-state index contributed by atoms with van der Waals surface area (Å²) in [6, 6.07) is 16.9. The smallest absolute Gasteiger partial charge is 0.206 e. The number of aliphatic hydroxyl groups excluding tert-OH is 1. The zero-order chi connectivity index (χ0) is 15.8. The first-order valence-corrected chi connectivity index (χ1v) is 8.14. The maximum atomic E-state index is 9.87. The van der Waals surface area contributed by atoms with Gasteiger partial charge in [-0.3, -0.25) is 0 Å². The number of fused-ring (bicyclic) bond motifs is 1. The van der Waals surface area contributed by atoms with Gasteiger partial charge in [0.25, 0.3) is 0 Å². The minimum Gasteiger partial charge on any atom is -0.391 e. The highest BCUT2D eigenvalue weighted by Crippen LogP contribution is 2.26. The van der Waals surface area contributed by atoms with Gasteiger partial charge in [-0.2, -0.15) is 0 Å². The molecule has 23 heavy (non-hydrogen) atoms. The molecule has 1 atom stereocenters. The van der Waals surface area contributed by atoms with Crippen molar-refractivity contribution in [2.75, 3.05) is 18.0 Å². The molecule has 4 nitrogen and oxygen atoms in total. The van der Waals surface area contributed by atoms with Crippen molar-refractivity contribution in [3.63, 3.8) is 0 Å². The Morgan fingerprint density at radius 2 is 1.91 bits per heavy atom. The van der Waals surface area contributed by atoms with Gasteiger partial charge in [-0.1, -0.05) is 42.0 Å². The molecule has 0 bridgehead atoms. The molecule has 0 unspecified atom stereocenters. The van der Waals surface area contributed by atoms with Crippen LogP contribution in [0.1, 0.15) is 17.5 Å². The maximum Gasteiger partial charge on any atom is 0.206 e. The summed E-state index contributed by atoms with van der Waals surface area (Å²) in [4.78, 5) is 7.01. The highest BCUT2D eigenvalue weighted by molar-refractivity contribution is 5.79. The van der Waals surface area contributed by atoms with E-state index in [9.17, 15) is 5.11 Å². The second-order valence-corrected chi connectivity index (χ2v) is 6.36. The predicted octanol–water partition coefficient (Wildman–Crippen LogP) is 2.96. The fourth-order valence-electron chi connectivity index (χ4n) is 3.26. The van der Waals surface area contributed by atoms with Crippen LogP contribution in [0.5, 0.6) is 0 Å². The molecule has 1 fully saturated rings. The van der Waals surface area contributed by atoms with E-state index in [1.807, 2.05) is 6.07 Å². The number of rotatable bonds is 3. The Hall–Kier alpha value is -2.33. The van der Waals surface area contributed by atoms with Gasteiger partial charge < -0.3 is 14.6 Å². The molecule has 118 valence electrons. The Morgan fingerprint density at radius 3 is 2.65 bits per heavy atom. The van der Waals surface area contributed by atoms with Gasteiger partial charge in [-0.25, -0.2) is 4.98 Å². The summed E-state index contributed by atoms with van der Waals surface area (Å²) < 4.78 is 2.26. The molecule has 0 spiro atoms. The van der Waals surface area contributed by atoms with Gasteiger partial charge in [-0.15, -0.1) is 0 Å². The largest absolute Gasteiger partial charge is 0.391 e. The van der Waals surface area contributed by atoms with Crippen molar-refractivity contribution in [2.24, 2.45) is 0 Å². The summed E-state index contributed by atoms with van der Waals surface area (Å²) in [6.07, 6.45) is 0.566. The van der Waals surface area contributed by atoms with Crippen LogP contribution in [-0.2, 0) is 6.54 Å². The minimum absolute atomic E-state index is 0.248. The van der Waals surface area contributed by atoms with Gasteiger partial charge in [0.2, 0.25) is 5.95 Å². The Balaban J connectivity index is 1.77. The molecule has 1 aromatic heterocycles. The van der Waals surface area contributed by atoms with Gasteiger partial charge in [-0.05, 0) is 31.0 Å². The Kier molecular flexibility index (Phi) is 3.54. The molecule has 0 amide bonds. The van der Waals surface area contributed by atoms with Crippen LogP contribution in [-0.4, -0.2) is 33.9 Å². The molecule has 2 aromatic carbocycles. The van der Waals surface area contributed by atoms with E-state index in [1.54, 1.807) is 0 Å². The number of aryl methyl sites for hydroxylation is 1. The molecular weight excluding hydrogens is 286 g/mol. The lowest BCUT2D eigenvalue weighted by molar-refractivity contribution is 0.198. The van der Waals surface area contributed by atoms with Crippen molar-refractivity contribution in [2.45, 2.75) is 26.0 Å². The molecule has 2 heterocycles. The summed E-state index contributed by atoms with van der Waals surface area (Å²) in [7, 11) is 0. The lowest BCUT2D eigenvalue weighted by atomic mass is 10.1. The van der Waals surface area contributed by atoms with Crippen LogP contribution < -0.4 is 4.90 Å². The molecule has 4 rings (SSSR count). The lowest BCUT2D eigenvalue weighted by Gasteiger charge is -2.19. The number of nitrogens with zero attached hydrogens (tertiary/aromatic N) is 3. The average molecular weight is 307 g/mol. The van der Waals surface area contributed by atoms with E-state index < -0.39 is 0 Å². The monoisotopic (exact) mass is 307 g/mol. The van der Waals surface area contributed by atoms with Gasteiger partial charge >= 0.3 is 0 Å². The SMILES string of the molecule is Cc1ccc(Cn2c(N3CC[C@H](O)C3)nc3ccccc32)cc1. The quantitative estimate of drug-likeness (QED) is 0.809. The average Bonchev–Trinajstić information content (AvgIpc) is 3.14. The Bertz CT molecular complexity index is 822. The van der Waals surface area contributed by atoms with E-state index in [0.29, 0.717) is 6.54 Å². The van der Waals surface area contributed by atoms with E-state index in [0.717, 1.165) is 36.5 Å². The number of imidazole rings is 1. The summed E-state index contributed by atoms with van der Waals surface area (Å²) in [5.41, 5.74) is 4.69. The number of β-amino-alcohol motifs (C(OH)–C–C–N with tert-alkyl or cyclic N) is 1. The minimum atomic E-state index is -0.248. The fourth-order valence-corrected chi connectivity index (χ4v) is 3.26. The molecular formula is C19H21N3O. The lowest BCUT2D eigenvalue weighted by Crippen LogP contribution is -2.25. The number of hydrogen-bond donors (Lipinski definition) is 1. The molecule has 0 radical (unpaired) electrons. The molecule has 0 aliphatic carbocycles. The van der Waals surface area contributed by atoms with E-state index in [4.69, 9.17) is 4.98 Å². The van der Waals surface area contributed by atoms with Crippen molar-refractivity contribution >= 4 is 17.0 Å². The zero-order valence-corrected chi connectivity index (χ0v) is 13.3. The Morgan fingerprint density at radius 1 is 1.13 bits per heavy atom. The summed E-state index contributed by atoms with van der Waals surface area (Å²) in [5.74, 6) is 0.961. The van der Waals surface area contributed by atoms with E-state index in [-0.39, 0.29) is 6.10 Å². The number of anilines is 1. The first-order chi connectivity index (χ1) is 11.2. The Labute approximate surface area is 136 Å².